The summed E-state index contributed by atoms with van der Waals surface area (Å²) in [5.41, 5.74) is -3.79. The summed E-state index contributed by atoms with van der Waals surface area (Å²) in [6, 6.07) is 2.21. The zero-order valence-electron chi connectivity index (χ0n) is 17.1. The van der Waals surface area contributed by atoms with Crippen LogP contribution in [0.1, 0.15) is 36.2 Å². The molecule has 0 unspecified atom stereocenters. The van der Waals surface area contributed by atoms with Crippen LogP contribution in [0.5, 0.6) is 0 Å². The fraction of sp³-hybridized carbons (Fsp3) is 0.190. The van der Waals surface area contributed by atoms with Crippen LogP contribution in [0.2, 0.25) is 0 Å². The summed E-state index contributed by atoms with van der Waals surface area (Å²) in [6.45, 7) is 4.00. The molecule has 2 heterocycles. The average Bonchev–Trinajstić information content (AvgIpc) is 2.78. The number of halogens is 6. The number of hydrogen-bond donors (Lipinski definition) is 1. The molecule has 0 spiro atoms. The maximum Gasteiger partial charge on any atom is 0.416 e. The first kappa shape index (κ1) is 25.4. The Morgan fingerprint density at radius 3 is 1.97 bits per heavy atom. The molecule has 2 aromatic heterocycles. The highest BCUT2D eigenvalue weighted by Gasteiger charge is 2.37. The zero-order valence-corrected chi connectivity index (χ0v) is 17.1. The van der Waals surface area contributed by atoms with Gasteiger partial charge in [0.1, 0.15) is 6.33 Å². The Labute approximate surface area is 183 Å². The van der Waals surface area contributed by atoms with Crippen molar-refractivity contribution in [2.24, 2.45) is 0 Å². The van der Waals surface area contributed by atoms with Crippen LogP contribution in [0, 0.1) is 0 Å². The first-order valence-corrected chi connectivity index (χ1v) is 9.28. The molecule has 33 heavy (non-hydrogen) atoms. The van der Waals surface area contributed by atoms with Crippen molar-refractivity contribution < 1.29 is 36.2 Å². The second-order valence-corrected chi connectivity index (χ2v) is 6.09. The molecule has 0 saturated carbocycles. The number of carbonyl (C=O) groups is 1. The molecule has 0 atom stereocenters. The van der Waals surface area contributed by atoms with Crippen molar-refractivity contribution in [3.63, 3.8) is 0 Å². The van der Waals surface area contributed by atoms with Gasteiger partial charge in [0, 0.05) is 29.7 Å². The third kappa shape index (κ3) is 6.57. The predicted octanol–water partition coefficient (Wildman–Crippen LogP) is 5.62. The second kappa shape index (κ2) is 10.2. The number of hydrogen-bond acceptors (Lipinski definition) is 5. The van der Waals surface area contributed by atoms with Crippen LogP contribution in [0.25, 0.3) is 23.0 Å². The predicted molar refractivity (Wildman–Crippen MR) is 106 cm³/mol. The minimum Gasteiger partial charge on any atom is -0.478 e. The molecule has 174 valence electrons. The minimum atomic E-state index is -5.03. The van der Waals surface area contributed by atoms with Crippen LogP contribution in [-0.2, 0) is 17.1 Å². The van der Waals surface area contributed by atoms with Gasteiger partial charge in [-0.05, 0) is 30.3 Å². The molecule has 0 amide bonds. The zero-order chi connectivity index (χ0) is 24.8. The smallest absolute Gasteiger partial charge is 0.416 e. The molecule has 3 rings (SSSR count). The summed E-state index contributed by atoms with van der Waals surface area (Å²) in [4.78, 5) is 26.6. The van der Waals surface area contributed by atoms with Crippen LogP contribution >= 0.6 is 0 Å². The van der Waals surface area contributed by atoms with Gasteiger partial charge in [-0.3, -0.25) is 0 Å². The number of alkyl halides is 6. The van der Waals surface area contributed by atoms with Crippen LogP contribution in [0.4, 0.5) is 26.3 Å². The highest BCUT2D eigenvalue weighted by atomic mass is 19.4. The van der Waals surface area contributed by atoms with Crippen molar-refractivity contribution in [2.75, 3.05) is 0 Å². The lowest BCUT2D eigenvalue weighted by Crippen LogP contribution is -2.11. The third-order valence-corrected chi connectivity index (χ3v) is 3.92. The molecule has 0 aliphatic rings. The van der Waals surface area contributed by atoms with Gasteiger partial charge in [-0.2, -0.15) is 26.3 Å². The quantitative estimate of drug-likeness (QED) is 0.393. The van der Waals surface area contributed by atoms with E-state index in [1.807, 2.05) is 13.8 Å². The normalized spacial score (nSPS) is 12.1. The summed E-state index contributed by atoms with van der Waals surface area (Å²) >= 11 is 0. The highest BCUT2D eigenvalue weighted by Crippen LogP contribution is 2.38. The Morgan fingerprint density at radius 2 is 1.48 bits per heavy atom. The van der Waals surface area contributed by atoms with Gasteiger partial charge in [-0.15, -0.1) is 0 Å². The second-order valence-electron chi connectivity index (χ2n) is 6.09. The molecule has 6 nitrogen and oxygen atoms in total. The van der Waals surface area contributed by atoms with E-state index in [0.29, 0.717) is 12.1 Å². The van der Waals surface area contributed by atoms with Crippen LogP contribution in [0.15, 0.2) is 49.2 Å². The van der Waals surface area contributed by atoms with Crippen LogP contribution in [0.3, 0.4) is 0 Å². The number of nitrogens with zero attached hydrogens (tertiary/aromatic N) is 4. The van der Waals surface area contributed by atoms with Crippen molar-refractivity contribution in [1.82, 2.24) is 19.9 Å². The number of rotatable bonds is 4. The van der Waals surface area contributed by atoms with Gasteiger partial charge in [-0.1, -0.05) is 13.8 Å². The molecule has 1 aromatic carbocycles. The van der Waals surface area contributed by atoms with Crippen molar-refractivity contribution in [2.45, 2.75) is 26.2 Å². The largest absolute Gasteiger partial charge is 0.478 e. The molecule has 0 fully saturated rings. The van der Waals surface area contributed by atoms with E-state index in [1.54, 1.807) is 0 Å². The third-order valence-electron chi connectivity index (χ3n) is 3.92. The fourth-order valence-corrected chi connectivity index (χ4v) is 2.53. The number of benzene rings is 1. The summed E-state index contributed by atoms with van der Waals surface area (Å²) in [6.07, 6.45) is -4.28. The van der Waals surface area contributed by atoms with E-state index in [4.69, 9.17) is 0 Å². The molecule has 0 radical (unpaired) electrons. The Morgan fingerprint density at radius 1 is 0.939 bits per heavy atom. The van der Waals surface area contributed by atoms with Gasteiger partial charge in [0.15, 0.2) is 5.82 Å². The number of carboxylic acids is 1. The molecule has 0 aliphatic carbocycles. The first-order valence-electron chi connectivity index (χ1n) is 9.28. The van der Waals surface area contributed by atoms with Crippen molar-refractivity contribution in [1.29, 1.82) is 0 Å². The lowest BCUT2D eigenvalue weighted by Gasteiger charge is -2.13. The van der Waals surface area contributed by atoms with Gasteiger partial charge in [-0.25, -0.2) is 24.7 Å². The van der Waals surface area contributed by atoms with E-state index >= 15 is 0 Å². The minimum absolute atomic E-state index is 0.00874. The molecule has 0 saturated heterocycles. The number of carboxylic acid groups (broad SMARTS) is 1. The SMILES string of the molecule is CC.O=C(O)/C(=C/c1ccnc(-c2cc(C(F)(F)F)cc(C(F)(F)F)c2)n1)c1cncnc1. The Bertz CT molecular complexity index is 1110. The van der Waals surface area contributed by atoms with Crippen molar-refractivity contribution in [3.8, 4) is 11.4 Å². The molecular weight excluding hydrogens is 454 g/mol. The Balaban J connectivity index is 0.00000187. The summed E-state index contributed by atoms with van der Waals surface area (Å²) < 4.78 is 78.5. The van der Waals surface area contributed by atoms with Gasteiger partial charge in [0.25, 0.3) is 0 Å². The van der Waals surface area contributed by atoms with Crippen molar-refractivity contribution >= 4 is 17.6 Å². The maximum atomic E-state index is 13.1. The first-order chi connectivity index (χ1) is 15.4. The van der Waals surface area contributed by atoms with E-state index in [0.717, 1.165) is 12.3 Å². The van der Waals surface area contributed by atoms with Gasteiger partial charge >= 0.3 is 18.3 Å². The Hall–Kier alpha value is -3.83. The van der Waals surface area contributed by atoms with Gasteiger partial charge < -0.3 is 5.11 Å². The highest BCUT2D eigenvalue weighted by molar-refractivity contribution is 6.20. The number of aliphatic carboxylic acids is 1. The molecule has 3 aromatic rings. The van der Waals surface area contributed by atoms with Gasteiger partial charge in [0.2, 0.25) is 0 Å². The summed E-state index contributed by atoms with van der Waals surface area (Å²) in [5.74, 6) is -1.81. The van der Waals surface area contributed by atoms with Crippen molar-refractivity contribution in [3.05, 3.63) is 71.6 Å². The standard InChI is InChI=1S/C19H10F6N4O2.C2H6/c20-18(21,22)12-3-10(4-13(5-12)19(23,24)25)16-28-2-1-14(29-16)6-15(17(30)31)11-7-26-9-27-8-11;1-2/h1-9H,(H,30,31);1-2H3/b15-6+;. The molecule has 12 heteroatoms. The topological polar surface area (TPSA) is 88.9 Å². The van der Waals surface area contributed by atoms with E-state index in [2.05, 4.69) is 19.9 Å². The number of aromatic nitrogens is 4. The lowest BCUT2D eigenvalue weighted by molar-refractivity contribution is -0.143. The van der Waals surface area contributed by atoms with Crippen LogP contribution < -0.4 is 0 Å². The molecule has 0 bridgehead atoms. The summed E-state index contributed by atoms with van der Waals surface area (Å²) in [5, 5.41) is 9.41. The summed E-state index contributed by atoms with van der Waals surface area (Å²) in [7, 11) is 0. The van der Waals surface area contributed by atoms with E-state index < -0.39 is 40.8 Å². The van der Waals surface area contributed by atoms with E-state index in [9.17, 15) is 36.2 Å². The monoisotopic (exact) mass is 470 g/mol. The molecular formula is C21H16F6N4O2. The molecule has 1 N–H and O–H groups in total. The maximum absolute atomic E-state index is 13.1. The van der Waals surface area contributed by atoms with Crippen LogP contribution in [-0.4, -0.2) is 31.0 Å². The average molecular weight is 470 g/mol. The van der Waals surface area contributed by atoms with Gasteiger partial charge in [0.05, 0.1) is 22.4 Å². The fourth-order valence-electron chi connectivity index (χ4n) is 2.53. The van der Waals surface area contributed by atoms with E-state index in [1.165, 1.54) is 24.8 Å². The Kier molecular flexibility index (Phi) is 7.85. The lowest BCUT2D eigenvalue weighted by atomic mass is 10.0. The molecule has 0 aliphatic heterocycles. The van der Waals surface area contributed by atoms with E-state index in [-0.39, 0.29) is 22.9 Å².